The molecular weight excluding hydrogens is 379 g/mol. The Hall–Kier alpha value is -0.0900. The van der Waals surface area contributed by atoms with E-state index >= 15 is 0 Å². The summed E-state index contributed by atoms with van der Waals surface area (Å²) in [6, 6.07) is 2.27. The van der Waals surface area contributed by atoms with Gasteiger partial charge in [0.15, 0.2) is 0 Å². The van der Waals surface area contributed by atoms with E-state index in [-0.39, 0.29) is 16.8 Å². The summed E-state index contributed by atoms with van der Waals surface area (Å²) in [6.45, 7) is 0.173. The molecule has 124 valence electrons. The van der Waals surface area contributed by atoms with Crippen molar-refractivity contribution in [2.45, 2.75) is 16.3 Å². The van der Waals surface area contributed by atoms with Gasteiger partial charge in [-0.2, -0.15) is 36.7 Å². The SMILES string of the molecule is O=S(=O)(NC[C@H]1CSCCS1)c1cc(C(F)(F)F)ccc1Cl. The molecule has 0 bridgehead atoms. The number of benzene rings is 1. The van der Waals surface area contributed by atoms with Gasteiger partial charge in [0.05, 0.1) is 10.6 Å². The van der Waals surface area contributed by atoms with Crippen molar-refractivity contribution in [2.75, 3.05) is 23.8 Å². The average Bonchev–Trinajstić information content (AvgIpc) is 2.45. The maximum Gasteiger partial charge on any atom is 0.416 e. The van der Waals surface area contributed by atoms with Crippen LogP contribution in [0.3, 0.4) is 0 Å². The standard InChI is InChI=1S/C12H13ClF3NO2S3/c13-10-2-1-8(12(14,15)16)5-11(10)22(18,19)17-6-9-7-20-3-4-21-9/h1-2,5,9,17H,3-4,6-7H2/t9-/m0/s1. The van der Waals surface area contributed by atoms with Gasteiger partial charge in [-0.3, -0.25) is 0 Å². The van der Waals surface area contributed by atoms with Crippen LogP contribution in [-0.4, -0.2) is 37.5 Å². The lowest BCUT2D eigenvalue weighted by Gasteiger charge is -2.21. The fourth-order valence-corrected chi connectivity index (χ4v) is 6.14. The Morgan fingerprint density at radius 1 is 1.32 bits per heavy atom. The summed E-state index contributed by atoms with van der Waals surface area (Å²) < 4.78 is 64.8. The zero-order valence-electron chi connectivity index (χ0n) is 11.2. The summed E-state index contributed by atoms with van der Waals surface area (Å²) in [5.41, 5.74) is -1.04. The molecule has 0 aromatic heterocycles. The monoisotopic (exact) mass is 391 g/mol. The van der Waals surface area contributed by atoms with Crippen molar-refractivity contribution in [2.24, 2.45) is 0 Å². The molecule has 22 heavy (non-hydrogen) atoms. The quantitative estimate of drug-likeness (QED) is 0.853. The van der Waals surface area contributed by atoms with E-state index in [2.05, 4.69) is 4.72 Å². The molecule has 3 nitrogen and oxygen atoms in total. The average molecular weight is 392 g/mol. The minimum absolute atomic E-state index is 0.109. The lowest BCUT2D eigenvalue weighted by Crippen LogP contribution is -2.33. The number of hydrogen-bond donors (Lipinski definition) is 1. The van der Waals surface area contributed by atoms with Gasteiger partial charge in [0.1, 0.15) is 4.90 Å². The van der Waals surface area contributed by atoms with E-state index in [0.717, 1.165) is 29.4 Å². The second-order valence-corrected chi connectivity index (χ2v) is 9.26. The van der Waals surface area contributed by atoms with Crippen molar-refractivity contribution in [3.05, 3.63) is 28.8 Å². The molecule has 1 heterocycles. The molecule has 0 unspecified atom stereocenters. The molecule has 1 aliphatic heterocycles. The van der Waals surface area contributed by atoms with Crippen LogP contribution in [0.5, 0.6) is 0 Å². The molecule has 1 N–H and O–H groups in total. The van der Waals surface area contributed by atoms with E-state index in [1.165, 1.54) is 0 Å². The van der Waals surface area contributed by atoms with E-state index < -0.39 is 26.7 Å². The first kappa shape index (κ1) is 18.3. The summed E-state index contributed by atoms with van der Waals surface area (Å²) in [7, 11) is -4.08. The van der Waals surface area contributed by atoms with Gasteiger partial charge in [-0.15, -0.1) is 0 Å². The van der Waals surface area contributed by atoms with E-state index in [1.54, 1.807) is 23.5 Å². The van der Waals surface area contributed by atoms with Gasteiger partial charge < -0.3 is 0 Å². The third kappa shape index (κ3) is 4.70. The van der Waals surface area contributed by atoms with Crippen LogP contribution < -0.4 is 4.72 Å². The molecule has 1 fully saturated rings. The number of rotatable bonds is 4. The van der Waals surface area contributed by atoms with Crippen molar-refractivity contribution in [3.8, 4) is 0 Å². The Kier molecular flexibility index (Phi) is 5.98. The Morgan fingerprint density at radius 3 is 2.64 bits per heavy atom. The molecule has 1 aliphatic rings. The van der Waals surface area contributed by atoms with Crippen LogP contribution in [0.4, 0.5) is 13.2 Å². The van der Waals surface area contributed by atoms with Gasteiger partial charge in [-0.1, -0.05) is 11.6 Å². The van der Waals surface area contributed by atoms with Crippen molar-refractivity contribution < 1.29 is 21.6 Å². The summed E-state index contributed by atoms with van der Waals surface area (Å²) >= 11 is 9.13. The third-order valence-electron chi connectivity index (χ3n) is 2.93. The van der Waals surface area contributed by atoms with Crippen molar-refractivity contribution in [3.63, 3.8) is 0 Å². The molecule has 2 rings (SSSR count). The van der Waals surface area contributed by atoms with E-state index in [0.29, 0.717) is 6.07 Å². The van der Waals surface area contributed by atoms with Crippen molar-refractivity contribution in [1.82, 2.24) is 4.72 Å². The van der Waals surface area contributed by atoms with Gasteiger partial charge in [0.25, 0.3) is 0 Å². The van der Waals surface area contributed by atoms with E-state index in [9.17, 15) is 21.6 Å². The van der Waals surface area contributed by atoms with Gasteiger partial charge in [0.2, 0.25) is 10.0 Å². The molecule has 0 amide bonds. The zero-order valence-corrected chi connectivity index (χ0v) is 14.4. The Balaban J connectivity index is 2.17. The van der Waals surface area contributed by atoms with Crippen LogP contribution in [0.2, 0.25) is 5.02 Å². The van der Waals surface area contributed by atoms with Crippen LogP contribution in [0.25, 0.3) is 0 Å². The number of sulfonamides is 1. The first-order valence-corrected chi connectivity index (χ1v) is 10.3. The predicted molar refractivity (Wildman–Crippen MR) is 85.2 cm³/mol. The van der Waals surface area contributed by atoms with Crippen LogP contribution in [0.15, 0.2) is 23.1 Å². The van der Waals surface area contributed by atoms with E-state index in [4.69, 9.17) is 11.6 Å². The molecule has 1 aromatic rings. The molecule has 0 saturated carbocycles. The smallest absolute Gasteiger partial charge is 0.210 e. The van der Waals surface area contributed by atoms with Crippen LogP contribution in [-0.2, 0) is 16.2 Å². The number of thioether (sulfide) groups is 2. The van der Waals surface area contributed by atoms with E-state index in [1.807, 2.05) is 0 Å². The molecule has 0 radical (unpaired) electrons. The normalized spacial score (nSPS) is 20.1. The molecule has 1 aromatic carbocycles. The highest BCUT2D eigenvalue weighted by molar-refractivity contribution is 8.06. The van der Waals surface area contributed by atoms with Crippen molar-refractivity contribution in [1.29, 1.82) is 0 Å². The Morgan fingerprint density at radius 2 is 2.05 bits per heavy atom. The second-order valence-electron chi connectivity index (χ2n) is 4.56. The number of nitrogens with one attached hydrogen (secondary N) is 1. The first-order chi connectivity index (χ1) is 10.2. The summed E-state index contributed by atoms with van der Waals surface area (Å²) in [6.07, 6.45) is -4.62. The van der Waals surface area contributed by atoms with Gasteiger partial charge in [-0.05, 0) is 18.2 Å². The Labute approximate surface area is 140 Å². The number of hydrogen-bond acceptors (Lipinski definition) is 4. The second kappa shape index (κ2) is 7.21. The van der Waals surface area contributed by atoms with Gasteiger partial charge in [-0.25, -0.2) is 13.1 Å². The number of halogens is 4. The molecule has 0 spiro atoms. The molecule has 0 aliphatic carbocycles. The summed E-state index contributed by atoms with van der Waals surface area (Å²) in [4.78, 5) is -0.544. The topological polar surface area (TPSA) is 46.2 Å². The predicted octanol–water partition coefficient (Wildman–Crippen LogP) is 3.49. The highest BCUT2D eigenvalue weighted by Gasteiger charge is 2.32. The van der Waals surface area contributed by atoms with Crippen LogP contribution in [0.1, 0.15) is 5.56 Å². The maximum absolute atomic E-state index is 12.7. The summed E-state index contributed by atoms with van der Waals surface area (Å²) in [5.74, 6) is 2.76. The molecule has 1 saturated heterocycles. The molecule has 10 heteroatoms. The minimum Gasteiger partial charge on any atom is -0.210 e. The lowest BCUT2D eigenvalue weighted by molar-refractivity contribution is -0.137. The Bertz CT molecular complexity index is 631. The summed E-state index contributed by atoms with van der Waals surface area (Å²) in [5, 5.41) is -0.121. The van der Waals surface area contributed by atoms with Crippen molar-refractivity contribution >= 4 is 45.1 Å². The lowest BCUT2D eigenvalue weighted by atomic mass is 10.2. The molecular formula is C12H13ClF3NO2S3. The zero-order chi connectivity index (χ0) is 16.4. The minimum atomic E-state index is -4.62. The highest BCUT2D eigenvalue weighted by atomic mass is 35.5. The van der Waals surface area contributed by atoms with Crippen LogP contribution >= 0.6 is 35.1 Å². The largest absolute Gasteiger partial charge is 0.416 e. The molecule has 1 atom stereocenters. The maximum atomic E-state index is 12.7. The fourth-order valence-electron chi connectivity index (χ4n) is 1.82. The first-order valence-electron chi connectivity index (χ1n) is 6.26. The van der Waals surface area contributed by atoms with Crippen LogP contribution in [0, 0.1) is 0 Å². The van der Waals surface area contributed by atoms with Gasteiger partial charge >= 0.3 is 6.18 Å². The van der Waals surface area contributed by atoms with Gasteiger partial charge in [0, 0.05) is 29.1 Å². The highest BCUT2D eigenvalue weighted by Crippen LogP contribution is 2.33. The third-order valence-corrected chi connectivity index (χ3v) is 7.68. The number of alkyl halides is 3. The fraction of sp³-hybridized carbons (Fsp3) is 0.500.